The second-order valence-electron chi connectivity index (χ2n) is 4.46. The third-order valence-corrected chi connectivity index (χ3v) is 3.09. The van der Waals surface area contributed by atoms with Gasteiger partial charge in [-0.15, -0.1) is 0 Å². The molecule has 0 spiro atoms. The minimum Gasteiger partial charge on any atom is -0.366 e. The molecule has 5 heteroatoms. The number of piperidine rings is 1. The molecule has 1 heterocycles. The number of hydrogen-bond acceptors (Lipinski definition) is 3. The standard InChI is InChI=1S/C13H14N2O3/c1-7-2-3-8(10(6-7)12(14)17)9-4-5-11(16)15-13(9)18/h2-3,6,9H,4-5H2,1H3,(H2,14,17)(H,15,16,18). The third-order valence-electron chi connectivity index (χ3n) is 3.09. The highest BCUT2D eigenvalue weighted by molar-refractivity contribution is 6.03. The van der Waals surface area contributed by atoms with Gasteiger partial charge in [0.15, 0.2) is 0 Å². The highest BCUT2D eigenvalue weighted by Gasteiger charge is 2.30. The molecule has 2 rings (SSSR count). The maximum absolute atomic E-state index is 11.8. The molecule has 1 aliphatic rings. The van der Waals surface area contributed by atoms with E-state index in [0.29, 0.717) is 17.5 Å². The Morgan fingerprint density at radius 1 is 1.39 bits per heavy atom. The van der Waals surface area contributed by atoms with Crippen molar-refractivity contribution in [2.45, 2.75) is 25.7 Å². The Morgan fingerprint density at radius 2 is 2.11 bits per heavy atom. The van der Waals surface area contributed by atoms with Gasteiger partial charge in [0.2, 0.25) is 17.7 Å². The van der Waals surface area contributed by atoms with Crippen LogP contribution in [0, 0.1) is 6.92 Å². The van der Waals surface area contributed by atoms with E-state index in [0.717, 1.165) is 5.56 Å². The zero-order chi connectivity index (χ0) is 13.3. The first-order valence-electron chi connectivity index (χ1n) is 5.73. The SMILES string of the molecule is Cc1ccc(C2CCC(=O)NC2=O)c(C(N)=O)c1. The molecule has 3 N–H and O–H groups in total. The molecule has 5 nitrogen and oxygen atoms in total. The Kier molecular flexibility index (Phi) is 3.14. The summed E-state index contributed by atoms with van der Waals surface area (Å²) in [5, 5.41) is 2.28. The zero-order valence-electron chi connectivity index (χ0n) is 10.0. The molecule has 1 aromatic rings. The van der Waals surface area contributed by atoms with Crippen molar-refractivity contribution in [3.05, 3.63) is 34.9 Å². The van der Waals surface area contributed by atoms with Crippen LogP contribution in [0.2, 0.25) is 0 Å². The smallest absolute Gasteiger partial charge is 0.249 e. The highest BCUT2D eigenvalue weighted by atomic mass is 16.2. The molecular formula is C13H14N2O3. The number of carbonyl (C=O) groups is 3. The number of nitrogens with two attached hydrogens (primary N) is 1. The highest BCUT2D eigenvalue weighted by Crippen LogP contribution is 2.28. The number of amides is 3. The van der Waals surface area contributed by atoms with E-state index in [-0.39, 0.29) is 18.2 Å². The van der Waals surface area contributed by atoms with Crippen molar-refractivity contribution >= 4 is 17.7 Å². The van der Waals surface area contributed by atoms with E-state index in [1.54, 1.807) is 12.1 Å². The fourth-order valence-corrected chi connectivity index (χ4v) is 2.18. The first-order valence-corrected chi connectivity index (χ1v) is 5.73. The van der Waals surface area contributed by atoms with Gasteiger partial charge < -0.3 is 5.73 Å². The predicted molar refractivity (Wildman–Crippen MR) is 64.8 cm³/mol. The van der Waals surface area contributed by atoms with Crippen molar-refractivity contribution in [2.24, 2.45) is 5.73 Å². The van der Waals surface area contributed by atoms with Gasteiger partial charge in [-0.2, -0.15) is 0 Å². The fourth-order valence-electron chi connectivity index (χ4n) is 2.18. The number of aryl methyl sites for hydroxylation is 1. The van der Waals surface area contributed by atoms with E-state index >= 15 is 0 Å². The summed E-state index contributed by atoms with van der Waals surface area (Å²) in [5.41, 5.74) is 7.17. The predicted octanol–water partition coefficient (Wildman–Crippen LogP) is 0.614. The van der Waals surface area contributed by atoms with Gasteiger partial charge in [0, 0.05) is 12.0 Å². The summed E-state index contributed by atoms with van der Waals surface area (Å²) in [4.78, 5) is 34.3. The van der Waals surface area contributed by atoms with Crippen LogP contribution >= 0.6 is 0 Å². The van der Waals surface area contributed by atoms with Gasteiger partial charge in [-0.25, -0.2) is 0 Å². The van der Waals surface area contributed by atoms with Crippen LogP contribution in [0.4, 0.5) is 0 Å². The van der Waals surface area contributed by atoms with Crippen molar-refractivity contribution < 1.29 is 14.4 Å². The Balaban J connectivity index is 2.41. The molecule has 1 unspecified atom stereocenters. The lowest BCUT2D eigenvalue weighted by Crippen LogP contribution is -2.40. The monoisotopic (exact) mass is 246 g/mol. The molecule has 1 fully saturated rings. The summed E-state index contributed by atoms with van der Waals surface area (Å²) in [6.45, 7) is 1.85. The molecule has 1 atom stereocenters. The number of rotatable bonds is 2. The molecule has 3 amide bonds. The maximum Gasteiger partial charge on any atom is 0.249 e. The lowest BCUT2D eigenvalue weighted by molar-refractivity contribution is -0.134. The minimum atomic E-state index is -0.557. The van der Waals surface area contributed by atoms with Crippen LogP contribution in [0.3, 0.4) is 0 Å². The second-order valence-corrected chi connectivity index (χ2v) is 4.46. The van der Waals surface area contributed by atoms with Gasteiger partial charge in [-0.3, -0.25) is 19.7 Å². The Morgan fingerprint density at radius 3 is 2.72 bits per heavy atom. The number of imide groups is 1. The topological polar surface area (TPSA) is 89.3 Å². The maximum atomic E-state index is 11.8. The summed E-state index contributed by atoms with van der Waals surface area (Å²) in [6, 6.07) is 5.22. The van der Waals surface area contributed by atoms with Crippen LogP contribution in [0.25, 0.3) is 0 Å². The Hall–Kier alpha value is -2.17. The van der Waals surface area contributed by atoms with Crippen LogP contribution in [-0.4, -0.2) is 17.7 Å². The number of hydrogen-bond donors (Lipinski definition) is 2. The summed E-state index contributed by atoms with van der Waals surface area (Å²) >= 11 is 0. The lowest BCUT2D eigenvalue weighted by atomic mass is 9.86. The molecular weight excluding hydrogens is 232 g/mol. The third kappa shape index (κ3) is 2.25. The van der Waals surface area contributed by atoms with E-state index < -0.39 is 11.8 Å². The van der Waals surface area contributed by atoms with E-state index in [4.69, 9.17) is 5.73 Å². The largest absolute Gasteiger partial charge is 0.366 e. The average Bonchev–Trinajstić information content (AvgIpc) is 2.29. The number of nitrogens with one attached hydrogen (secondary N) is 1. The summed E-state index contributed by atoms with van der Waals surface area (Å²) < 4.78 is 0. The number of carbonyl (C=O) groups excluding carboxylic acids is 3. The van der Waals surface area contributed by atoms with Gasteiger partial charge in [0.1, 0.15) is 0 Å². The Bertz CT molecular complexity index is 537. The average molecular weight is 246 g/mol. The summed E-state index contributed by atoms with van der Waals surface area (Å²) in [6.07, 6.45) is 0.691. The molecule has 0 radical (unpaired) electrons. The molecule has 0 aromatic heterocycles. The van der Waals surface area contributed by atoms with Crippen LogP contribution in [0.15, 0.2) is 18.2 Å². The van der Waals surface area contributed by atoms with Gasteiger partial charge in [0.05, 0.1) is 5.92 Å². The molecule has 1 saturated heterocycles. The molecule has 0 saturated carbocycles. The van der Waals surface area contributed by atoms with Crippen LogP contribution in [0.5, 0.6) is 0 Å². The quantitative estimate of drug-likeness (QED) is 0.749. The minimum absolute atomic E-state index is 0.274. The fraction of sp³-hybridized carbons (Fsp3) is 0.308. The molecule has 0 aliphatic carbocycles. The van der Waals surface area contributed by atoms with Crippen molar-refractivity contribution in [3.8, 4) is 0 Å². The van der Waals surface area contributed by atoms with Crippen molar-refractivity contribution in [1.29, 1.82) is 0 Å². The molecule has 94 valence electrons. The van der Waals surface area contributed by atoms with Crippen molar-refractivity contribution in [1.82, 2.24) is 5.32 Å². The van der Waals surface area contributed by atoms with Crippen molar-refractivity contribution in [3.63, 3.8) is 0 Å². The number of benzene rings is 1. The normalized spacial score (nSPS) is 19.5. The zero-order valence-corrected chi connectivity index (χ0v) is 10.0. The second kappa shape index (κ2) is 4.60. The van der Waals surface area contributed by atoms with Crippen LogP contribution < -0.4 is 11.1 Å². The van der Waals surface area contributed by atoms with Gasteiger partial charge in [0.25, 0.3) is 0 Å². The Labute approximate surface area is 104 Å². The van der Waals surface area contributed by atoms with Gasteiger partial charge in [-0.05, 0) is 25.0 Å². The first-order chi connectivity index (χ1) is 8.49. The molecule has 18 heavy (non-hydrogen) atoms. The van der Waals surface area contributed by atoms with Crippen molar-refractivity contribution in [2.75, 3.05) is 0 Å². The molecule has 0 bridgehead atoms. The van der Waals surface area contributed by atoms with Gasteiger partial charge >= 0.3 is 0 Å². The van der Waals surface area contributed by atoms with Gasteiger partial charge in [-0.1, -0.05) is 17.7 Å². The van der Waals surface area contributed by atoms with Crippen LogP contribution in [-0.2, 0) is 9.59 Å². The molecule has 1 aliphatic heterocycles. The van der Waals surface area contributed by atoms with E-state index in [2.05, 4.69) is 5.32 Å². The van der Waals surface area contributed by atoms with E-state index in [9.17, 15) is 14.4 Å². The van der Waals surface area contributed by atoms with Crippen LogP contribution in [0.1, 0.15) is 40.2 Å². The van der Waals surface area contributed by atoms with E-state index in [1.165, 1.54) is 0 Å². The van der Waals surface area contributed by atoms with E-state index in [1.807, 2.05) is 13.0 Å². The first kappa shape index (κ1) is 12.3. The number of primary amides is 1. The summed E-state index contributed by atoms with van der Waals surface area (Å²) in [5.74, 6) is -1.68. The molecule has 1 aromatic carbocycles. The lowest BCUT2D eigenvalue weighted by Gasteiger charge is -2.22. The summed E-state index contributed by atoms with van der Waals surface area (Å²) in [7, 11) is 0.